The Labute approximate surface area is 305 Å². The van der Waals surface area contributed by atoms with E-state index in [0.717, 1.165) is 44.3 Å². The third-order valence-corrected chi connectivity index (χ3v) is 11.1. The van der Waals surface area contributed by atoms with Gasteiger partial charge in [-0.3, -0.25) is 0 Å². The molecule has 1 aliphatic rings. The van der Waals surface area contributed by atoms with Gasteiger partial charge in [-0.05, 0) is 82.9 Å². The van der Waals surface area contributed by atoms with Gasteiger partial charge in [-0.15, -0.1) is 0 Å². The van der Waals surface area contributed by atoms with Crippen molar-refractivity contribution in [3.8, 4) is 51.0 Å². The van der Waals surface area contributed by atoms with E-state index in [1.54, 1.807) is 0 Å². The Kier molecular flexibility index (Phi) is 6.23. The lowest BCUT2D eigenvalue weighted by atomic mass is 9.82. The number of rotatable bonds is 4. The summed E-state index contributed by atoms with van der Waals surface area (Å²) in [6.07, 6.45) is 0. The third kappa shape index (κ3) is 4.40. The minimum atomic E-state index is -0.0645. The maximum Gasteiger partial charge on any atom is 0.164 e. The molecule has 250 valence electrons. The van der Waals surface area contributed by atoms with Crippen LogP contribution in [0.15, 0.2) is 162 Å². The topological polar surface area (TPSA) is 56.7 Å². The molecule has 5 nitrogen and oxygen atoms in total. The van der Waals surface area contributed by atoms with Crippen LogP contribution in [0.25, 0.3) is 94.7 Å². The van der Waals surface area contributed by atoms with Crippen LogP contribution in [0.1, 0.15) is 25.0 Å². The number of nitrogens with zero attached hydrogens (tertiary/aromatic N) is 4. The molecule has 0 amide bonds. The minimum absolute atomic E-state index is 0.0645. The molecule has 0 aliphatic heterocycles. The van der Waals surface area contributed by atoms with Crippen molar-refractivity contribution in [3.63, 3.8) is 0 Å². The standard InChI is InChI=1S/C48H32N4O/c1-48(2)37-17-9-6-15-34(37)43-38(48)25-26-40-44(43)35-16-7-10-18-39(35)52(40)32-23-20-30(21-24-32)46-49-45(29-12-4-3-5-13-29)50-47(51-46)31-22-27-42-36(28-31)33-14-8-11-19-41(33)53-42/h3-28H,1-2H3. The monoisotopic (exact) mass is 680 g/mol. The van der Waals surface area contributed by atoms with Crippen LogP contribution < -0.4 is 0 Å². The summed E-state index contributed by atoms with van der Waals surface area (Å²) in [5.41, 5.74) is 13.3. The largest absolute Gasteiger partial charge is 0.456 e. The van der Waals surface area contributed by atoms with Gasteiger partial charge in [0, 0.05) is 49.3 Å². The predicted molar refractivity (Wildman–Crippen MR) is 215 cm³/mol. The van der Waals surface area contributed by atoms with Crippen LogP contribution in [-0.4, -0.2) is 19.5 Å². The highest BCUT2D eigenvalue weighted by Gasteiger charge is 2.37. The van der Waals surface area contributed by atoms with Crippen molar-refractivity contribution in [3.05, 3.63) is 169 Å². The van der Waals surface area contributed by atoms with E-state index in [2.05, 4.69) is 115 Å². The van der Waals surface area contributed by atoms with Gasteiger partial charge in [0.05, 0.1) is 11.0 Å². The number of fused-ring (bicyclic) bond motifs is 10. The zero-order chi connectivity index (χ0) is 35.3. The fourth-order valence-corrected chi connectivity index (χ4v) is 8.51. The molecule has 0 unspecified atom stereocenters. The highest BCUT2D eigenvalue weighted by molar-refractivity contribution is 6.18. The highest BCUT2D eigenvalue weighted by atomic mass is 16.3. The summed E-state index contributed by atoms with van der Waals surface area (Å²) in [6.45, 7) is 4.68. The molecule has 0 N–H and O–H groups in total. The zero-order valence-electron chi connectivity index (χ0n) is 29.2. The summed E-state index contributed by atoms with van der Waals surface area (Å²) in [4.78, 5) is 15.1. The average molecular weight is 681 g/mol. The van der Waals surface area contributed by atoms with Gasteiger partial charge in [0.1, 0.15) is 11.2 Å². The van der Waals surface area contributed by atoms with E-state index < -0.39 is 0 Å². The summed E-state index contributed by atoms with van der Waals surface area (Å²) in [5, 5.41) is 4.67. The van der Waals surface area contributed by atoms with Crippen LogP contribution in [-0.2, 0) is 5.41 Å². The minimum Gasteiger partial charge on any atom is -0.456 e. The molecule has 0 bridgehead atoms. The third-order valence-electron chi connectivity index (χ3n) is 11.1. The van der Waals surface area contributed by atoms with E-state index in [9.17, 15) is 0 Å². The van der Waals surface area contributed by atoms with Gasteiger partial charge < -0.3 is 8.98 Å². The molecule has 0 radical (unpaired) electrons. The number of hydrogen-bond acceptors (Lipinski definition) is 4. The molecule has 0 fully saturated rings. The van der Waals surface area contributed by atoms with Gasteiger partial charge in [0.15, 0.2) is 17.5 Å². The van der Waals surface area contributed by atoms with Gasteiger partial charge in [-0.2, -0.15) is 0 Å². The van der Waals surface area contributed by atoms with Crippen molar-refractivity contribution in [2.24, 2.45) is 0 Å². The average Bonchev–Trinajstić information content (AvgIpc) is 3.83. The van der Waals surface area contributed by atoms with Crippen LogP contribution in [0.5, 0.6) is 0 Å². The van der Waals surface area contributed by atoms with E-state index in [4.69, 9.17) is 19.4 Å². The molecule has 7 aromatic carbocycles. The lowest BCUT2D eigenvalue weighted by Crippen LogP contribution is -2.14. The van der Waals surface area contributed by atoms with Crippen molar-refractivity contribution in [1.29, 1.82) is 0 Å². The molecular weight excluding hydrogens is 649 g/mol. The first kappa shape index (κ1) is 29.8. The number of furan rings is 1. The SMILES string of the molecule is CC1(C)c2ccccc2-c2c1ccc1c2c2ccccc2n1-c1ccc(-c2nc(-c3ccccc3)nc(-c3ccc4oc5ccccc5c4c3)n2)cc1. The van der Waals surface area contributed by atoms with Crippen molar-refractivity contribution < 1.29 is 4.42 Å². The van der Waals surface area contributed by atoms with Crippen LogP contribution in [0, 0.1) is 0 Å². The fourth-order valence-electron chi connectivity index (χ4n) is 8.51. The summed E-state index contributed by atoms with van der Waals surface area (Å²) >= 11 is 0. The molecule has 1 aliphatic carbocycles. The second kappa shape index (κ2) is 11.1. The number of aromatic nitrogens is 4. The number of hydrogen-bond donors (Lipinski definition) is 0. The Morgan fingerprint density at radius 1 is 0.472 bits per heavy atom. The molecular formula is C48H32N4O. The number of benzene rings is 7. The van der Waals surface area contributed by atoms with E-state index in [1.165, 1.54) is 44.1 Å². The molecule has 53 heavy (non-hydrogen) atoms. The second-order valence-corrected chi connectivity index (χ2v) is 14.4. The summed E-state index contributed by atoms with van der Waals surface area (Å²) in [7, 11) is 0. The smallest absolute Gasteiger partial charge is 0.164 e. The van der Waals surface area contributed by atoms with Crippen molar-refractivity contribution in [1.82, 2.24) is 19.5 Å². The Bertz CT molecular complexity index is 3080. The molecule has 11 rings (SSSR count). The molecule has 0 saturated heterocycles. The Balaban J connectivity index is 1.07. The molecule has 0 spiro atoms. The molecule has 3 aromatic heterocycles. The summed E-state index contributed by atoms with van der Waals surface area (Å²) in [5.74, 6) is 1.87. The van der Waals surface area contributed by atoms with E-state index >= 15 is 0 Å². The molecule has 0 saturated carbocycles. The van der Waals surface area contributed by atoms with Gasteiger partial charge >= 0.3 is 0 Å². The van der Waals surface area contributed by atoms with Crippen molar-refractivity contribution in [2.75, 3.05) is 0 Å². The van der Waals surface area contributed by atoms with E-state index in [1.807, 2.05) is 60.7 Å². The van der Waals surface area contributed by atoms with Gasteiger partial charge in [-0.1, -0.05) is 111 Å². The van der Waals surface area contributed by atoms with Crippen LogP contribution >= 0.6 is 0 Å². The first-order valence-corrected chi connectivity index (χ1v) is 18.0. The van der Waals surface area contributed by atoms with Crippen molar-refractivity contribution in [2.45, 2.75) is 19.3 Å². The first-order chi connectivity index (χ1) is 26.0. The van der Waals surface area contributed by atoms with E-state index in [0.29, 0.717) is 17.5 Å². The first-order valence-electron chi connectivity index (χ1n) is 18.0. The lowest BCUT2D eigenvalue weighted by molar-refractivity contribution is 0.661. The normalized spacial score (nSPS) is 13.2. The lowest BCUT2D eigenvalue weighted by Gasteiger charge is -2.21. The molecule has 3 heterocycles. The number of para-hydroxylation sites is 2. The summed E-state index contributed by atoms with van der Waals surface area (Å²) < 4.78 is 8.51. The molecule has 5 heteroatoms. The second-order valence-electron chi connectivity index (χ2n) is 14.4. The maximum absolute atomic E-state index is 6.12. The van der Waals surface area contributed by atoms with Crippen LogP contribution in [0.4, 0.5) is 0 Å². The Hall–Kier alpha value is -6.85. The highest BCUT2D eigenvalue weighted by Crippen LogP contribution is 2.53. The van der Waals surface area contributed by atoms with Crippen LogP contribution in [0.3, 0.4) is 0 Å². The molecule has 10 aromatic rings. The Morgan fingerprint density at radius 3 is 1.91 bits per heavy atom. The molecule has 0 atom stereocenters. The van der Waals surface area contributed by atoms with Gasteiger partial charge in [0.2, 0.25) is 0 Å². The predicted octanol–water partition coefficient (Wildman–Crippen LogP) is 12.2. The van der Waals surface area contributed by atoms with E-state index in [-0.39, 0.29) is 5.41 Å². The quantitative estimate of drug-likeness (QED) is 0.186. The Morgan fingerprint density at radius 2 is 1.09 bits per heavy atom. The van der Waals surface area contributed by atoms with Crippen LogP contribution in [0.2, 0.25) is 0 Å². The summed E-state index contributed by atoms with van der Waals surface area (Å²) in [6, 6.07) is 55.3. The zero-order valence-corrected chi connectivity index (χ0v) is 29.2. The fraction of sp³-hybridized carbons (Fsp3) is 0.0625. The van der Waals surface area contributed by atoms with Gasteiger partial charge in [-0.25, -0.2) is 15.0 Å². The van der Waals surface area contributed by atoms with Crippen molar-refractivity contribution >= 4 is 43.7 Å². The van der Waals surface area contributed by atoms with Gasteiger partial charge in [0.25, 0.3) is 0 Å². The maximum atomic E-state index is 6.12.